The first-order valence-corrected chi connectivity index (χ1v) is 7.19. The molecule has 0 bridgehead atoms. The van der Waals surface area contributed by atoms with Crippen LogP contribution < -0.4 is 11.3 Å². The van der Waals surface area contributed by atoms with Gasteiger partial charge in [0.2, 0.25) is 0 Å². The van der Waals surface area contributed by atoms with E-state index in [9.17, 15) is 0 Å². The van der Waals surface area contributed by atoms with E-state index in [1.54, 1.807) is 0 Å². The fourth-order valence-electron chi connectivity index (χ4n) is 2.74. The Morgan fingerprint density at radius 2 is 2.11 bits per heavy atom. The number of hydrogen-bond donors (Lipinski definition) is 2. The summed E-state index contributed by atoms with van der Waals surface area (Å²) in [7, 11) is 2.02. The lowest BCUT2D eigenvalue weighted by Crippen LogP contribution is -2.54. The van der Waals surface area contributed by atoms with Crippen LogP contribution in [0.5, 0.6) is 0 Å². The Morgan fingerprint density at radius 1 is 1.42 bits per heavy atom. The van der Waals surface area contributed by atoms with Crippen LogP contribution in [-0.4, -0.2) is 27.8 Å². The van der Waals surface area contributed by atoms with Crippen LogP contribution in [0.3, 0.4) is 0 Å². The summed E-state index contributed by atoms with van der Waals surface area (Å²) >= 11 is 0. The molecule has 19 heavy (non-hydrogen) atoms. The second kappa shape index (κ2) is 7.62. The maximum atomic E-state index is 6.01. The van der Waals surface area contributed by atoms with E-state index in [-0.39, 0.29) is 11.6 Å². The molecule has 0 saturated carbocycles. The molecule has 1 aromatic heterocycles. The van der Waals surface area contributed by atoms with Gasteiger partial charge in [0, 0.05) is 32.5 Å². The molecule has 0 fully saturated rings. The van der Waals surface area contributed by atoms with Gasteiger partial charge in [-0.3, -0.25) is 11.3 Å². The molecule has 1 heterocycles. The molecule has 1 unspecified atom stereocenters. The number of nitrogens with zero attached hydrogens (tertiary/aromatic N) is 2. The molecule has 0 aliphatic carbocycles. The molecule has 5 nitrogen and oxygen atoms in total. The molecule has 1 rings (SSSR count). The molecule has 0 saturated heterocycles. The third kappa shape index (κ3) is 3.78. The molecule has 0 amide bonds. The SMILES string of the molecule is CCOC(CC)(CC)C(CCc1nccn1C)NN. The summed E-state index contributed by atoms with van der Waals surface area (Å²) in [4.78, 5) is 4.36. The quantitative estimate of drug-likeness (QED) is 0.529. The van der Waals surface area contributed by atoms with Crippen molar-refractivity contribution in [2.45, 2.75) is 58.1 Å². The second-order valence-electron chi connectivity index (χ2n) is 4.92. The van der Waals surface area contributed by atoms with Gasteiger partial charge in [0.25, 0.3) is 0 Å². The molecule has 0 aliphatic heterocycles. The highest BCUT2D eigenvalue weighted by atomic mass is 16.5. The Kier molecular flexibility index (Phi) is 6.48. The summed E-state index contributed by atoms with van der Waals surface area (Å²) in [6.45, 7) is 7.06. The average Bonchev–Trinajstić information content (AvgIpc) is 2.83. The predicted molar refractivity (Wildman–Crippen MR) is 77.6 cm³/mol. The highest BCUT2D eigenvalue weighted by Gasteiger charge is 2.35. The Labute approximate surface area is 116 Å². The molecule has 1 aromatic rings. The topological polar surface area (TPSA) is 65.1 Å². The first-order valence-electron chi connectivity index (χ1n) is 7.19. The number of hydrogen-bond acceptors (Lipinski definition) is 4. The number of hydrazine groups is 1. The van der Waals surface area contributed by atoms with E-state index in [2.05, 4.69) is 24.3 Å². The molecule has 0 spiro atoms. The van der Waals surface area contributed by atoms with Gasteiger partial charge in [-0.25, -0.2) is 4.98 Å². The van der Waals surface area contributed by atoms with Gasteiger partial charge in [0.05, 0.1) is 11.6 Å². The van der Waals surface area contributed by atoms with Crippen molar-refractivity contribution in [2.24, 2.45) is 12.9 Å². The van der Waals surface area contributed by atoms with E-state index in [1.807, 2.05) is 30.9 Å². The van der Waals surface area contributed by atoms with Crippen LogP contribution in [0.25, 0.3) is 0 Å². The zero-order valence-electron chi connectivity index (χ0n) is 12.6. The predicted octanol–water partition coefficient (Wildman–Crippen LogP) is 1.78. The van der Waals surface area contributed by atoms with Gasteiger partial charge in [-0.15, -0.1) is 0 Å². The Morgan fingerprint density at radius 3 is 2.53 bits per heavy atom. The van der Waals surface area contributed by atoms with Gasteiger partial charge in [-0.05, 0) is 26.2 Å². The largest absolute Gasteiger partial charge is 0.374 e. The number of aromatic nitrogens is 2. The van der Waals surface area contributed by atoms with Gasteiger partial charge in [0.1, 0.15) is 5.82 Å². The number of rotatable bonds is 9. The van der Waals surface area contributed by atoms with Crippen molar-refractivity contribution in [2.75, 3.05) is 6.61 Å². The second-order valence-corrected chi connectivity index (χ2v) is 4.92. The summed E-state index contributed by atoms with van der Waals surface area (Å²) in [5, 5.41) is 0. The molecule has 0 aliphatic rings. The third-order valence-corrected chi connectivity index (χ3v) is 4.04. The fourth-order valence-corrected chi connectivity index (χ4v) is 2.74. The first-order chi connectivity index (χ1) is 9.13. The van der Waals surface area contributed by atoms with Crippen molar-refractivity contribution >= 4 is 0 Å². The molecule has 0 radical (unpaired) electrons. The van der Waals surface area contributed by atoms with E-state index < -0.39 is 0 Å². The minimum atomic E-state index is -0.186. The van der Waals surface area contributed by atoms with Crippen molar-refractivity contribution in [1.82, 2.24) is 15.0 Å². The number of ether oxygens (including phenoxy) is 1. The van der Waals surface area contributed by atoms with Crippen LogP contribution in [-0.2, 0) is 18.2 Å². The standard InChI is InChI=1S/C14H28N4O/c1-5-14(6-2,19-7-3)12(17-15)8-9-13-16-10-11-18(13)4/h10-12,17H,5-9,15H2,1-4H3. The normalized spacial score (nSPS) is 13.7. The maximum Gasteiger partial charge on any atom is 0.108 e. The van der Waals surface area contributed by atoms with Gasteiger partial charge in [-0.1, -0.05) is 13.8 Å². The lowest BCUT2D eigenvalue weighted by Gasteiger charge is -2.39. The van der Waals surface area contributed by atoms with Gasteiger partial charge >= 0.3 is 0 Å². The molecule has 110 valence electrons. The van der Waals surface area contributed by atoms with Crippen molar-refractivity contribution in [1.29, 1.82) is 0 Å². The number of nitrogens with two attached hydrogens (primary N) is 1. The number of aryl methyl sites for hydroxylation is 2. The Balaban J connectivity index is 2.72. The van der Waals surface area contributed by atoms with Crippen molar-refractivity contribution in [3.8, 4) is 0 Å². The van der Waals surface area contributed by atoms with Crippen LogP contribution in [0, 0.1) is 0 Å². The summed E-state index contributed by atoms with van der Waals surface area (Å²) in [6, 6.07) is 0.138. The summed E-state index contributed by atoms with van der Waals surface area (Å²) in [5.41, 5.74) is 2.76. The molecule has 1 atom stereocenters. The van der Waals surface area contributed by atoms with E-state index >= 15 is 0 Å². The van der Waals surface area contributed by atoms with Crippen molar-refractivity contribution in [3.05, 3.63) is 18.2 Å². The zero-order valence-corrected chi connectivity index (χ0v) is 12.6. The van der Waals surface area contributed by atoms with Crippen LogP contribution in [0.2, 0.25) is 0 Å². The maximum absolute atomic E-state index is 6.01. The third-order valence-electron chi connectivity index (χ3n) is 4.04. The lowest BCUT2D eigenvalue weighted by atomic mass is 9.85. The average molecular weight is 268 g/mol. The van der Waals surface area contributed by atoms with Crippen LogP contribution in [0.15, 0.2) is 12.4 Å². The van der Waals surface area contributed by atoms with Gasteiger partial charge in [-0.2, -0.15) is 0 Å². The number of imidazole rings is 1. The summed E-state index contributed by atoms with van der Waals surface area (Å²) < 4.78 is 8.06. The minimum Gasteiger partial charge on any atom is -0.374 e. The molecular weight excluding hydrogens is 240 g/mol. The summed E-state index contributed by atoms with van der Waals surface area (Å²) in [6.07, 6.45) is 7.51. The smallest absolute Gasteiger partial charge is 0.108 e. The summed E-state index contributed by atoms with van der Waals surface area (Å²) in [5.74, 6) is 6.84. The molecule has 0 aromatic carbocycles. The lowest BCUT2D eigenvalue weighted by molar-refractivity contribution is -0.0738. The highest BCUT2D eigenvalue weighted by Crippen LogP contribution is 2.27. The van der Waals surface area contributed by atoms with Crippen LogP contribution >= 0.6 is 0 Å². The minimum absolute atomic E-state index is 0.138. The Bertz CT molecular complexity index is 360. The van der Waals surface area contributed by atoms with Gasteiger partial charge < -0.3 is 9.30 Å². The van der Waals surface area contributed by atoms with Crippen molar-refractivity contribution in [3.63, 3.8) is 0 Å². The van der Waals surface area contributed by atoms with E-state index in [1.165, 1.54) is 0 Å². The van der Waals surface area contributed by atoms with E-state index in [0.29, 0.717) is 6.61 Å². The van der Waals surface area contributed by atoms with Crippen LogP contribution in [0.1, 0.15) is 45.9 Å². The first kappa shape index (κ1) is 16.1. The molecule has 5 heteroatoms. The van der Waals surface area contributed by atoms with Crippen molar-refractivity contribution < 1.29 is 4.74 Å². The van der Waals surface area contributed by atoms with Crippen LogP contribution in [0.4, 0.5) is 0 Å². The monoisotopic (exact) mass is 268 g/mol. The van der Waals surface area contributed by atoms with Gasteiger partial charge in [0.15, 0.2) is 0 Å². The Hall–Kier alpha value is -0.910. The highest BCUT2D eigenvalue weighted by molar-refractivity contribution is 4.96. The zero-order chi connectivity index (χ0) is 14.3. The fraction of sp³-hybridized carbons (Fsp3) is 0.786. The molecule has 3 N–H and O–H groups in total. The van der Waals surface area contributed by atoms with E-state index in [0.717, 1.165) is 31.5 Å². The molecular formula is C14H28N4O. The number of nitrogens with one attached hydrogen (secondary N) is 1. The van der Waals surface area contributed by atoms with E-state index in [4.69, 9.17) is 10.6 Å².